The van der Waals surface area contributed by atoms with Crippen molar-refractivity contribution in [3.05, 3.63) is 0 Å². The lowest BCUT2D eigenvalue weighted by Crippen LogP contribution is -2.52. The van der Waals surface area contributed by atoms with Crippen molar-refractivity contribution in [3.8, 4) is 12.3 Å². The van der Waals surface area contributed by atoms with Gasteiger partial charge in [0.15, 0.2) is 0 Å². The van der Waals surface area contributed by atoms with Gasteiger partial charge in [-0.3, -0.25) is 0 Å². The van der Waals surface area contributed by atoms with Crippen molar-refractivity contribution in [1.82, 2.24) is 10.6 Å². The molecule has 5 heteroatoms. The first-order valence-corrected chi connectivity index (χ1v) is 5.57. The van der Waals surface area contributed by atoms with E-state index in [-0.39, 0.29) is 12.0 Å². The summed E-state index contributed by atoms with van der Waals surface area (Å²) >= 11 is 0. The van der Waals surface area contributed by atoms with Crippen LogP contribution in [0.4, 0.5) is 4.79 Å². The van der Waals surface area contributed by atoms with Gasteiger partial charge < -0.3 is 15.7 Å². The summed E-state index contributed by atoms with van der Waals surface area (Å²) < 4.78 is 0. The smallest absolute Gasteiger partial charge is 0.327 e. The number of terminal acetylenes is 1. The van der Waals surface area contributed by atoms with Crippen LogP contribution in [0.3, 0.4) is 0 Å². The van der Waals surface area contributed by atoms with Crippen molar-refractivity contribution in [2.24, 2.45) is 0 Å². The molecule has 96 valence electrons. The maximum Gasteiger partial charge on any atom is 0.327 e. The van der Waals surface area contributed by atoms with Crippen LogP contribution >= 0.6 is 0 Å². The second kappa shape index (κ2) is 6.79. The summed E-state index contributed by atoms with van der Waals surface area (Å²) in [5, 5.41) is 13.9. The number of amides is 2. The Bertz CT molecular complexity index is 318. The first kappa shape index (κ1) is 15.3. The number of nitrogens with one attached hydrogen (secondary N) is 2. The fourth-order valence-corrected chi connectivity index (χ4v) is 1.51. The Morgan fingerprint density at radius 2 is 2.06 bits per heavy atom. The Kier molecular flexibility index (Phi) is 6.11. The third-order valence-electron chi connectivity index (χ3n) is 2.25. The van der Waals surface area contributed by atoms with E-state index >= 15 is 0 Å². The minimum Gasteiger partial charge on any atom is -0.480 e. The summed E-state index contributed by atoms with van der Waals surface area (Å²) in [5.74, 6) is 1.09. The summed E-state index contributed by atoms with van der Waals surface area (Å²) in [4.78, 5) is 22.3. The normalized spacial score (nSPS) is 12.4. The van der Waals surface area contributed by atoms with E-state index in [2.05, 4.69) is 16.6 Å². The van der Waals surface area contributed by atoms with E-state index in [1.54, 1.807) is 0 Å². The van der Waals surface area contributed by atoms with Crippen molar-refractivity contribution in [1.29, 1.82) is 0 Å². The molecular formula is C12H20N2O3. The Morgan fingerprint density at radius 3 is 2.47 bits per heavy atom. The first-order valence-electron chi connectivity index (χ1n) is 5.57. The van der Waals surface area contributed by atoms with Crippen molar-refractivity contribution in [3.63, 3.8) is 0 Å². The molecule has 0 radical (unpaired) electrons. The van der Waals surface area contributed by atoms with Gasteiger partial charge in [-0.15, -0.1) is 12.3 Å². The minimum absolute atomic E-state index is 0.0308. The summed E-state index contributed by atoms with van der Waals surface area (Å²) in [5.41, 5.74) is -0.363. The molecule has 17 heavy (non-hydrogen) atoms. The average Bonchev–Trinajstić information content (AvgIpc) is 2.15. The molecule has 1 atom stereocenters. The van der Waals surface area contributed by atoms with Crippen LogP contribution in [0.5, 0.6) is 0 Å². The molecule has 0 aliphatic rings. The second-order valence-corrected chi connectivity index (χ2v) is 4.53. The number of hydrogen-bond acceptors (Lipinski definition) is 2. The van der Waals surface area contributed by atoms with Gasteiger partial charge in [0, 0.05) is 12.0 Å². The monoisotopic (exact) mass is 240 g/mol. The Morgan fingerprint density at radius 1 is 1.47 bits per heavy atom. The summed E-state index contributed by atoms with van der Waals surface area (Å²) in [6.07, 6.45) is 6.75. The summed E-state index contributed by atoms with van der Waals surface area (Å²) in [7, 11) is 0. The number of carboxylic acids is 1. The summed E-state index contributed by atoms with van der Waals surface area (Å²) in [6.45, 7) is 5.78. The number of carboxylic acid groups (broad SMARTS) is 1. The molecule has 5 nitrogen and oxygen atoms in total. The van der Waals surface area contributed by atoms with E-state index in [9.17, 15) is 9.59 Å². The highest BCUT2D eigenvalue weighted by atomic mass is 16.4. The van der Waals surface area contributed by atoms with Gasteiger partial charge in [-0.1, -0.05) is 13.3 Å². The molecule has 0 aliphatic heterocycles. The van der Waals surface area contributed by atoms with Crippen molar-refractivity contribution < 1.29 is 14.7 Å². The predicted octanol–water partition coefficient (Wildman–Crippen LogP) is 1.34. The maximum absolute atomic E-state index is 11.6. The van der Waals surface area contributed by atoms with Gasteiger partial charge in [0.25, 0.3) is 0 Å². The van der Waals surface area contributed by atoms with Crippen molar-refractivity contribution >= 4 is 12.0 Å². The highest BCUT2D eigenvalue weighted by Gasteiger charge is 2.23. The number of urea groups is 1. The molecule has 0 rings (SSSR count). The molecule has 0 saturated heterocycles. The van der Waals surface area contributed by atoms with Crippen molar-refractivity contribution in [2.45, 2.75) is 51.6 Å². The van der Waals surface area contributed by atoms with Crippen LogP contribution in [-0.2, 0) is 4.79 Å². The van der Waals surface area contributed by atoms with Gasteiger partial charge in [0.1, 0.15) is 6.04 Å². The molecule has 0 spiro atoms. The molecule has 2 amide bonds. The Balaban J connectivity index is 4.34. The van der Waals surface area contributed by atoms with Crippen LogP contribution in [0, 0.1) is 12.3 Å². The highest BCUT2D eigenvalue weighted by Crippen LogP contribution is 2.10. The molecule has 0 bridgehead atoms. The molecule has 0 aromatic rings. The Labute approximate surface area is 102 Å². The van der Waals surface area contributed by atoms with E-state index in [1.807, 2.05) is 20.8 Å². The quantitative estimate of drug-likeness (QED) is 0.613. The van der Waals surface area contributed by atoms with Gasteiger partial charge in [-0.05, 0) is 20.3 Å². The molecule has 0 aliphatic carbocycles. The van der Waals surface area contributed by atoms with Gasteiger partial charge in [0.2, 0.25) is 0 Å². The molecule has 1 unspecified atom stereocenters. The fourth-order valence-electron chi connectivity index (χ4n) is 1.51. The number of carbonyl (C=O) groups excluding carboxylic acids is 1. The average molecular weight is 240 g/mol. The zero-order valence-electron chi connectivity index (χ0n) is 10.5. The van der Waals surface area contributed by atoms with Crippen LogP contribution in [0.25, 0.3) is 0 Å². The largest absolute Gasteiger partial charge is 0.480 e. The predicted molar refractivity (Wildman–Crippen MR) is 65.5 cm³/mol. The standard InChI is InChI=1S/C12H20N2O3/c1-5-7-9(10(15)16)13-11(17)14-12(3,4)8-6-2/h1,9H,6-8H2,2-4H3,(H,15,16)(H2,13,14,17). The molecule has 0 fully saturated rings. The van der Waals surface area contributed by atoms with E-state index in [4.69, 9.17) is 11.5 Å². The van der Waals surface area contributed by atoms with E-state index in [0.29, 0.717) is 0 Å². The fraction of sp³-hybridized carbons (Fsp3) is 0.667. The lowest BCUT2D eigenvalue weighted by atomic mass is 9.99. The molecule has 0 saturated carbocycles. The van der Waals surface area contributed by atoms with Gasteiger partial charge >= 0.3 is 12.0 Å². The first-order chi connectivity index (χ1) is 7.82. The van der Waals surface area contributed by atoms with Crippen LogP contribution in [0.1, 0.15) is 40.0 Å². The molecule has 0 heterocycles. The van der Waals surface area contributed by atoms with E-state index < -0.39 is 18.0 Å². The zero-order chi connectivity index (χ0) is 13.5. The molecular weight excluding hydrogens is 220 g/mol. The number of carbonyl (C=O) groups is 2. The topological polar surface area (TPSA) is 78.4 Å². The Hall–Kier alpha value is -1.70. The van der Waals surface area contributed by atoms with Gasteiger partial charge in [-0.25, -0.2) is 9.59 Å². The van der Waals surface area contributed by atoms with Crippen LogP contribution in [0.2, 0.25) is 0 Å². The third kappa shape index (κ3) is 6.46. The van der Waals surface area contributed by atoms with Gasteiger partial charge in [0.05, 0.1) is 0 Å². The SMILES string of the molecule is C#CCC(NC(=O)NC(C)(C)CCC)C(=O)O. The minimum atomic E-state index is -1.13. The van der Waals surface area contributed by atoms with Gasteiger partial charge in [-0.2, -0.15) is 0 Å². The van der Waals surface area contributed by atoms with Crippen molar-refractivity contribution in [2.75, 3.05) is 0 Å². The molecule has 3 N–H and O–H groups in total. The lowest BCUT2D eigenvalue weighted by molar-refractivity contribution is -0.139. The summed E-state index contributed by atoms with van der Waals surface area (Å²) in [6, 6.07) is -1.55. The highest BCUT2D eigenvalue weighted by molar-refractivity contribution is 5.83. The maximum atomic E-state index is 11.6. The second-order valence-electron chi connectivity index (χ2n) is 4.53. The molecule has 0 aromatic heterocycles. The lowest BCUT2D eigenvalue weighted by Gasteiger charge is -2.26. The molecule has 0 aromatic carbocycles. The number of aliphatic carboxylic acids is 1. The van der Waals surface area contributed by atoms with Crippen LogP contribution in [0.15, 0.2) is 0 Å². The van der Waals surface area contributed by atoms with E-state index in [1.165, 1.54) is 0 Å². The number of rotatable bonds is 6. The van der Waals surface area contributed by atoms with E-state index in [0.717, 1.165) is 12.8 Å². The number of hydrogen-bond donors (Lipinski definition) is 3. The van der Waals surface area contributed by atoms with Crippen LogP contribution in [-0.4, -0.2) is 28.7 Å². The van der Waals surface area contributed by atoms with Crippen LogP contribution < -0.4 is 10.6 Å². The third-order valence-corrected chi connectivity index (χ3v) is 2.25. The zero-order valence-corrected chi connectivity index (χ0v) is 10.5.